The monoisotopic (exact) mass is 490 g/mol. The van der Waals surface area contributed by atoms with E-state index in [4.69, 9.17) is 21.1 Å². The molecule has 0 unspecified atom stereocenters. The van der Waals surface area contributed by atoms with Gasteiger partial charge in [0.1, 0.15) is 11.9 Å². The quantitative estimate of drug-likeness (QED) is 0.297. The van der Waals surface area contributed by atoms with Crippen molar-refractivity contribution in [3.8, 4) is 28.4 Å². The predicted octanol–water partition coefficient (Wildman–Crippen LogP) is 7.15. The van der Waals surface area contributed by atoms with Crippen molar-refractivity contribution in [3.05, 3.63) is 71.5 Å². The van der Waals surface area contributed by atoms with Crippen LogP contribution in [-0.2, 0) is 0 Å². The molecule has 0 spiro atoms. The summed E-state index contributed by atoms with van der Waals surface area (Å²) in [5.41, 5.74) is 3.23. The molecule has 0 amide bonds. The molecule has 1 N–H and O–H groups in total. The van der Waals surface area contributed by atoms with E-state index in [-0.39, 0.29) is 22.9 Å². The molecule has 2 aromatic heterocycles. The minimum Gasteiger partial charge on any atom is -0.491 e. The summed E-state index contributed by atoms with van der Waals surface area (Å²) in [6, 6.07) is 16.9. The highest BCUT2D eigenvalue weighted by Gasteiger charge is 2.23. The van der Waals surface area contributed by atoms with Gasteiger partial charge < -0.3 is 19.1 Å². The lowest BCUT2D eigenvalue weighted by atomic mass is 10.1. The van der Waals surface area contributed by atoms with Gasteiger partial charge in [-0.2, -0.15) is 0 Å². The van der Waals surface area contributed by atoms with Crippen molar-refractivity contribution >= 4 is 28.5 Å². The Morgan fingerprint density at radius 1 is 1.06 bits per heavy atom. The fourth-order valence-corrected chi connectivity index (χ4v) is 4.95. The first-order chi connectivity index (χ1) is 16.9. The smallest absolute Gasteiger partial charge is 0.354 e. The molecular weight excluding hydrogens is 464 g/mol. The van der Waals surface area contributed by atoms with Gasteiger partial charge in [-0.3, -0.25) is 0 Å². The number of carboxylic acid groups (broad SMARTS) is 1. The van der Waals surface area contributed by atoms with E-state index in [1.54, 1.807) is 10.8 Å². The number of aromatic carboxylic acids is 1. The SMILES string of the molecule is CC(C)Oc1ccc(-n2c(C(=O)O)c(Cl)c3cc(-c4ccc(OC5CCCC5)nc4)ccc32)cc1. The van der Waals surface area contributed by atoms with Crippen LogP contribution in [0.2, 0.25) is 5.02 Å². The molecule has 6 nitrogen and oxygen atoms in total. The molecule has 0 aliphatic heterocycles. The summed E-state index contributed by atoms with van der Waals surface area (Å²) < 4.78 is 13.4. The van der Waals surface area contributed by atoms with Crippen LogP contribution in [0.4, 0.5) is 0 Å². The Hall–Kier alpha value is -3.51. The number of rotatable bonds is 7. The molecule has 2 aromatic carbocycles. The molecule has 2 heterocycles. The van der Waals surface area contributed by atoms with Gasteiger partial charge in [0.15, 0.2) is 5.69 Å². The van der Waals surface area contributed by atoms with E-state index in [9.17, 15) is 9.90 Å². The predicted molar refractivity (Wildman–Crippen MR) is 137 cm³/mol. The van der Waals surface area contributed by atoms with Crippen LogP contribution in [0.15, 0.2) is 60.8 Å². The van der Waals surface area contributed by atoms with Crippen molar-refractivity contribution < 1.29 is 19.4 Å². The van der Waals surface area contributed by atoms with E-state index < -0.39 is 5.97 Å². The Kier molecular flexibility index (Phi) is 6.39. The number of carboxylic acids is 1. The van der Waals surface area contributed by atoms with Crippen LogP contribution in [0.3, 0.4) is 0 Å². The number of hydrogen-bond acceptors (Lipinski definition) is 4. The number of pyridine rings is 1. The highest BCUT2D eigenvalue weighted by Crippen LogP contribution is 2.36. The summed E-state index contributed by atoms with van der Waals surface area (Å²) in [7, 11) is 0. The standard InChI is InChI=1S/C28H27ClN2O4/c1-17(2)34-22-11-9-20(10-12-22)31-24-13-7-18(15-23(24)26(29)27(31)28(32)33)19-8-14-25(30-16-19)35-21-5-3-4-6-21/h7-17,21H,3-6H2,1-2H3,(H,32,33). The van der Waals surface area contributed by atoms with Gasteiger partial charge in [0, 0.05) is 28.9 Å². The van der Waals surface area contributed by atoms with Crippen LogP contribution in [-0.4, -0.2) is 32.8 Å². The zero-order chi connectivity index (χ0) is 24.5. The molecule has 7 heteroatoms. The molecule has 4 aromatic rings. The number of ether oxygens (including phenoxy) is 2. The number of aromatic nitrogens is 2. The van der Waals surface area contributed by atoms with Crippen molar-refractivity contribution in [2.24, 2.45) is 0 Å². The average Bonchev–Trinajstić information content (AvgIpc) is 3.45. The van der Waals surface area contributed by atoms with Crippen LogP contribution < -0.4 is 9.47 Å². The minimum atomic E-state index is -1.09. The van der Waals surface area contributed by atoms with E-state index in [0.29, 0.717) is 22.5 Å². The van der Waals surface area contributed by atoms with E-state index in [1.165, 1.54) is 12.8 Å². The van der Waals surface area contributed by atoms with Crippen LogP contribution in [0.25, 0.3) is 27.7 Å². The minimum absolute atomic E-state index is 0.0229. The fraction of sp³-hybridized carbons (Fsp3) is 0.286. The Morgan fingerprint density at radius 2 is 1.77 bits per heavy atom. The zero-order valence-electron chi connectivity index (χ0n) is 19.7. The van der Waals surface area contributed by atoms with Crippen molar-refractivity contribution in [2.75, 3.05) is 0 Å². The molecule has 5 rings (SSSR count). The third-order valence-electron chi connectivity index (χ3n) is 6.23. The lowest BCUT2D eigenvalue weighted by Crippen LogP contribution is -2.11. The highest BCUT2D eigenvalue weighted by molar-refractivity contribution is 6.38. The third-order valence-corrected chi connectivity index (χ3v) is 6.62. The molecule has 0 saturated heterocycles. The average molecular weight is 491 g/mol. The number of hydrogen-bond donors (Lipinski definition) is 1. The molecule has 0 atom stereocenters. The van der Waals surface area contributed by atoms with Crippen LogP contribution in [0, 0.1) is 0 Å². The van der Waals surface area contributed by atoms with E-state index in [2.05, 4.69) is 4.98 Å². The van der Waals surface area contributed by atoms with Gasteiger partial charge in [0.25, 0.3) is 0 Å². The molecule has 0 bridgehead atoms. The van der Waals surface area contributed by atoms with E-state index in [1.807, 2.05) is 68.4 Å². The van der Waals surface area contributed by atoms with Crippen molar-refractivity contribution in [2.45, 2.75) is 51.7 Å². The Morgan fingerprint density at radius 3 is 2.40 bits per heavy atom. The normalized spacial score (nSPS) is 14.1. The maximum Gasteiger partial charge on any atom is 0.354 e. The molecule has 35 heavy (non-hydrogen) atoms. The zero-order valence-corrected chi connectivity index (χ0v) is 20.5. The summed E-state index contributed by atoms with van der Waals surface area (Å²) in [5, 5.41) is 10.8. The fourth-order valence-electron chi connectivity index (χ4n) is 4.63. The highest BCUT2D eigenvalue weighted by atomic mass is 35.5. The van der Waals surface area contributed by atoms with Crippen molar-refractivity contribution in [1.29, 1.82) is 0 Å². The van der Waals surface area contributed by atoms with Crippen LogP contribution in [0.1, 0.15) is 50.0 Å². The Labute approximate surface area is 209 Å². The van der Waals surface area contributed by atoms with Gasteiger partial charge in [0.05, 0.1) is 16.6 Å². The van der Waals surface area contributed by atoms with Gasteiger partial charge in [0.2, 0.25) is 5.88 Å². The van der Waals surface area contributed by atoms with Crippen LogP contribution in [0.5, 0.6) is 11.6 Å². The first kappa shape index (κ1) is 23.2. The van der Waals surface area contributed by atoms with E-state index in [0.717, 1.165) is 29.7 Å². The Balaban J connectivity index is 1.51. The van der Waals surface area contributed by atoms with Gasteiger partial charge in [-0.1, -0.05) is 17.7 Å². The second-order valence-corrected chi connectivity index (χ2v) is 9.48. The number of nitrogens with zero attached hydrogens (tertiary/aromatic N) is 2. The topological polar surface area (TPSA) is 73.6 Å². The Bertz CT molecular complexity index is 1350. The van der Waals surface area contributed by atoms with Gasteiger partial charge in [-0.15, -0.1) is 0 Å². The number of carbonyl (C=O) groups is 1. The first-order valence-electron chi connectivity index (χ1n) is 11.9. The number of halogens is 1. The lowest BCUT2D eigenvalue weighted by Gasteiger charge is -2.13. The van der Waals surface area contributed by atoms with Crippen molar-refractivity contribution in [1.82, 2.24) is 9.55 Å². The lowest BCUT2D eigenvalue weighted by molar-refractivity contribution is 0.0689. The van der Waals surface area contributed by atoms with Gasteiger partial charge in [-0.05, 0) is 87.6 Å². The third kappa shape index (κ3) is 4.71. The molecule has 1 saturated carbocycles. The molecule has 1 aliphatic carbocycles. The second-order valence-electron chi connectivity index (χ2n) is 9.11. The van der Waals surface area contributed by atoms with Gasteiger partial charge in [-0.25, -0.2) is 9.78 Å². The maximum atomic E-state index is 12.2. The summed E-state index contributed by atoms with van der Waals surface area (Å²) in [6.45, 7) is 3.91. The first-order valence-corrected chi connectivity index (χ1v) is 12.3. The van der Waals surface area contributed by atoms with Crippen molar-refractivity contribution in [3.63, 3.8) is 0 Å². The van der Waals surface area contributed by atoms with Crippen LogP contribution >= 0.6 is 11.6 Å². The van der Waals surface area contributed by atoms with E-state index >= 15 is 0 Å². The molecule has 180 valence electrons. The van der Waals surface area contributed by atoms with Gasteiger partial charge >= 0.3 is 5.97 Å². The summed E-state index contributed by atoms with van der Waals surface area (Å²) in [4.78, 5) is 16.7. The number of benzene rings is 2. The maximum absolute atomic E-state index is 12.2. The second kappa shape index (κ2) is 9.62. The number of fused-ring (bicyclic) bond motifs is 1. The summed E-state index contributed by atoms with van der Waals surface area (Å²) >= 11 is 6.63. The largest absolute Gasteiger partial charge is 0.491 e. The summed E-state index contributed by atoms with van der Waals surface area (Å²) in [5.74, 6) is 0.257. The molecule has 0 radical (unpaired) electrons. The molecule has 1 fully saturated rings. The molecule has 1 aliphatic rings. The summed E-state index contributed by atoms with van der Waals surface area (Å²) in [6.07, 6.45) is 6.65. The molecular formula is C28H27ClN2O4.